The van der Waals surface area contributed by atoms with Crippen molar-refractivity contribution < 1.29 is 22.7 Å². The van der Waals surface area contributed by atoms with E-state index in [1.54, 1.807) is 17.7 Å². The molecule has 0 radical (unpaired) electrons. The number of rotatable bonds is 5. The van der Waals surface area contributed by atoms with E-state index in [1.807, 2.05) is 0 Å². The number of hydrogen-bond donors (Lipinski definition) is 2. The summed E-state index contributed by atoms with van der Waals surface area (Å²) in [6.07, 6.45) is -1.43. The van der Waals surface area contributed by atoms with Gasteiger partial charge in [-0.3, -0.25) is 4.79 Å². The van der Waals surface area contributed by atoms with E-state index in [-0.39, 0.29) is 23.8 Å². The maximum absolute atomic E-state index is 13.0. The predicted molar refractivity (Wildman–Crippen MR) is 93.3 cm³/mol. The van der Waals surface area contributed by atoms with Gasteiger partial charge in [0, 0.05) is 25.7 Å². The number of anilines is 3. The van der Waals surface area contributed by atoms with Crippen LogP contribution < -0.4 is 10.6 Å². The molecule has 8 nitrogen and oxygen atoms in total. The third-order valence-corrected chi connectivity index (χ3v) is 5.05. The minimum Gasteiger partial charge on any atom is -0.465 e. The van der Waals surface area contributed by atoms with Crippen LogP contribution in [0.5, 0.6) is 0 Å². The molecule has 0 bridgehead atoms. The molecule has 4 rings (SSSR count). The SMILES string of the molecule is CNc1nc(Nc2cc([C@]3(C)CCOC3=O)nn2C2CC2)ncc1C(F)(F)F. The standard InChI is InChI=1S/C17H19F3N6O2/c1-16(5-6-28-14(16)27)11-7-12(26(25-11)9-3-4-9)23-15-22-8-10(17(18,19)20)13(21-2)24-15/h7-9H,3-6H2,1-2H3,(H2,21,22,23,24)/t16-/m0/s1. The van der Waals surface area contributed by atoms with Gasteiger partial charge in [-0.05, 0) is 19.8 Å². The van der Waals surface area contributed by atoms with Gasteiger partial charge in [0.05, 0.1) is 18.3 Å². The molecule has 1 atom stereocenters. The number of carbonyl (C=O) groups is 1. The molecule has 0 spiro atoms. The monoisotopic (exact) mass is 396 g/mol. The van der Waals surface area contributed by atoms with Crippen LogP contribution in [0.1, 0.15) is 43.5 Å². The van der Waals surface area contributed by atoms with E-state index in [0.717, 1.165) is 19.0 Å². The molecule has 28 heavy (non-hydrogen) atoms. The van der Waals surface area contributed by atoms with E-state index in [0.29, 0.717) is 24.5 Å². The highest BCUT2D eigenvalue weighted by molar-refractivity contribution is 5.84. The molecule has 2 aromatic heterocycles. The van der Waals surface area contributed by atoms with Crippen LogP contribution in [0.2, 0.25) is 0 Å². The largest absolute Gasteiger partial charge is 0.465 e. The molecule has 2 aliphatic rings. The van der Waals surface area contributed by atoms with Gasteiger partial charge >= 0.3 is 12.1 Å². The number of carbonyl (C=O) groups excluding carboxylic acids is 1. The summed E-state index contributed by atoms with van der Waals surface area (Å²) < 4.78 is 45.9. The fraction of sp³-hybridized carbons (Fsp3) is 0.529. The maximum Gasteiger partial charge on any atom is 0.421 e. The Morgan fingerprint density at radius 1 is 1.36 bits per heavy atom. The summed E-state index contributed by atoms with van der Waals surface area (Å²) in [7, 11) is 1.36. The normalized spacial score (nSPS) is 22.2. The number of nitrogens with zero attached hydrogens (tertiary/aromatic N) is 4. The molecule has 1 saturated heterocycles. The highest BCUT2D eigenvalue weighted by Crippen LogP contribution is 2.41. The van der Waals surface area contributed by atoms with E-state index in [1.165, 1.54) is 7.05 Å². The second-order valence-electron chi connectivity index (χ2n) is 7.14. The minimum absolute atomic E-state index is 0.00449. The van der Waals surface area contributed by atoms with Crippen LogP contribution in [-0.4, -0.2) is 39.4 Å². The Morgan fingerprint density at radius 3 is 2.68 bits per heavy atom. The summed E-state index contributed by atoms with van der Waals surface area (Å²) in [5.74, 6) is -0.123. The molecule has 1 saturated carbocycles. The fourth-order valence-corrected chi connectivity index (χ4v) is 3.15. The highest BCUT2D eigenvalue weighted by atomic mass is 19.4. The van der Waals surface area contributed by atoms with Gasteiger partial charge in [-0.1, -0.05) is 0 Å². The van der Waals surface area contributed by atoms with E-state index in [2.05, 4.69) is 25.7 Å². The van der Waals surface area contributed by atoms with E-state index >= 15 is 0 Å². The van der Waals surface area contributed by atoms with Crippen LogP contribution in [0.25, 0.3) is 0 Å². The number of alkyl halides is 3. The Labute approximate surface area is 158 Å². The van der Waals surface area contributed by atoms with Crippen molar-refractivity contribution in [2.45, 2.75) is 43.8 Å². The summed E-state index contributed by atoms with van der Waals surface area (Å²) in [5, 5.41) is 9.96. The summed E-state index contributed by atoms with van der Waals surface area (Å²) >= 11 is 0. The lowest BCUT2D eigenvalue weighted by Gasteiger charge is -2.15. The molecule has 0 aromatic carbocycles. The molecule has 1 aliphatic heterocycles. The van der Waals surface area contributed by atoms with Crippen LogP contribution >= 0.6 is 0 Å². The van der Waals surface area contributed by atoms with E-state index in [4.69, 9.17) is 4.74 Å². The average molecular weight is 396 g/mol. The second-order valence-corrected chi connectivity index (χ2v) is 7.14. The van der Waals surface area contributed by atoms with Gasteiger partial charge in [-0.2, -0.15) is 23.3 Å². The summed E-state index contributed by atoms with van der Waals surface area (Å²) in [5.41, 5.74) is -1.23. The van der Waals surface area contributed by atoms with Crippen molar-refractivity contribution in [3.05, 3.63) is 23.5 Å². The molecule has 2 fully saturated rings. The molecule has 150 valence electrons. The van der Waals surface area contributed by atoms with Gasteiger partial charge in [0.25, 0.3) is 0 Å². The molecule has 2 N–H and O–H groups in total. The van der Waals surface area contributed by atoms with Gasteiger partial charge < -0.3 is 15.4 Å². The van der Waals surface area contributed by atoms with Gasteiger partial charge in [0.15, 0.2) is 0 Å². The Bertz CT molecular complexity index is 924. The zero-order valence-electron chi connectivity index (χ0n) is 15.3. The van der Waals surface area contributed by atoms with Crippen molar-refractivity contribution in [1.82, 2.24) is 19.7 Å². The molecule has 0 amide bonds. The molecular weight excluding hydrogens is 377 g/mol. The molecular formula is C17H19F3N6O2. The molecule has 0 unspecified atom stereocenters. The number of hydrogen-bond acceptors (Lipinski definition) is 7. The number of nitrogens with one attached hydrogen (secondary N) is 2. The predicted octanol–water partition coefficient (Wildman–Crippen LogP) is 3.02. The summed E-state index contributed by atoms with van der Waals surface area (Å²) in [4.78, 5) is 19.9. The average Bonchev–Trinajstić information content (AvgIpc) is 3.31. The molecule has 2 aromatic rings. The number of halogens is 3. The van der Waals surface area contributed by atoms with Crippen molar-refractivity contribution in [1.29, 1.82) is 0 Å². The first kappa shape index (κ1) is 18.5. The van der Waals surface area contributed by atoms with Crippen molar-refractivity contribution >= 4 is 23.6 Å². The molecule has 1 aliphatic carbocycles. The van der Waals surface area contributed by atoms with Gasteiger partial charge in [-0.25, -0.2) is 9.67 Å². The van der Waals surface area contributed by atoms with Crippen molar-refractivity contribution in [3.8, 4) is 0 Å². The lowest BCUT2D eigenvalue weighted by Crippen LogP contribution is -2.28. The van der Waals surface area contributed by atoms with Gasteiger partial charge in [0.2, 0.25) is 5.95 Å². The Kier molecular flexibility index (Phi) is 4.20. The first-order valence-corrected chi connectivity index (χ1v) is 8.88. The topological polar surface area (TPSA) is 94.0 Å². The Balaban J connectivity index is 1.67. The number of ether oxygens (including phenoxy) is 1. The minimum atomic E-state index is -4.56. The lowest BCUT2D eigenvalue weighted by molar-refractivity contribution is -0.142. The second kappa shape index (κ2) is 6.35. The first-order valence-electron chi connectivity index (χ1n) is 8.88. The third-order valence-electron chi connectivity index (χ3n) is 5.05. The van der Waals surface area contributed by atoms with Gasteiger partial charge in [0.1, 0.15) is 22.6 Å². The van der Waals surface area contributed by atoms with Crippen molar-refractivity contribution in [2.75, 3.05) is 24.3 Å². The Morgan fingerprint density at radius 2 is 2.11 bits per heavy atom. The van der Waals surface area contributed by atoms with Crippen LogP contribution in [0.4, 0.5) is 30.8 Å². The number of cyclic esters (lactones) is 1. The smallest absolute Gasteiger partial charge is 0.421 e. The van der Waals surface area contributed by atoms with Crippen LogP contribution in [0, 0.1) is 0 Å². The molecule has 11 heteroatoms. The van der Waals surface area contributed by atoms with Crippen LogP contribution in [0.3, 0.4) is 0 Å². The highest BCUT2D eigenvalue weighted by Gasteiger charge is 2.45. The summed E-state index contributed by atoms with van der Waals surface area (Å²) in [6, 6.07) is 1.89. The van der Waals surface area contributed by atoms with Gasteiger partial charge in [-0.15, -0.1) is 0 Å². The van der Waals surface area contributed by atoms with Crippen molar-refractivity contribution in [2.24, 2.45) is 0 Å². The zero-order valence-corrected chi connectivity index (χ0v) is 15.3. The number of aromatic nitrogens is 4. The quantitative estimate of drug-likeness (QED) is 0.751. The van der Waals surface area contributed by atoms with Crippen molar-refractivity contribution in [3.63, 3.8) is 0 Å². The fourth-order valence-electron chi connectivity index (χ4n) is 3.15. The van der Waals surface area contributed by atoms with E-state index in [9.17, 15) is 18.0 Å². The van der Waals surface area contributed by atoms with Crippen LogP contribution in [0.15, 0.2) is 12.3 Å². The third kappa shape index (κ3) is 3.14. The zero-order chi connectivity index (χ0) is 20.1. The summed E-state index contributed by atoms with van der Waals surface area (Å²) in [6.45, 7) is 2.11. The number of esters is 1. The molecule has 3 heterocycles. The maximum atomic E-state index is 13.0. The van der Waals surface area contributed by atoms with E-state index < -0.39 is 17.2 Å². The lowest BCUT2D eigenvalue weighted by atomic mass is 9.85. The first-order chi connectivity index (χ1) is 13.2. The van der Waals surface area contributed by atoms with Crippen LogP contribution in [-0.2, 0) is 21.1 Å². The Hall–Kier alpha value is -2.85.